The van der Waals surface area contributed by atoms with E-state index in [-0.39, 0.29) is 11.5 Å². The van der Waals surface area contributed by atoms with Gasteiger partial charge in [-0.25, -0.2) is 15.0 Å². The normalized spacial score (nSPS) is 19.0. The molecule has 9 heteroatoms. The number of aromatic nitrogens is 5. The SMILES string of the molecule is CC1(C)CNCCC1Nc1nc(-c2ccnc3[nH]c(-c4cc(Cl)ccc4Cl)cc23)nc2cncc(C3CC3)c12. The molecule has 5 aromatic rings. The Kier molecular flexibility index (Phi) is 5.99. The first-order chi connectivity index (χ1) is 18.9. The average molecular weight is 559 g/mol. The third-order valence-electron chi connectivity index (χ3n) is 8.09. The molecule has 198 valence electrons. The van der Waals surface area contributed by atoms with Crippen LogP contribution in [0, 0.1) is 5.41 Å². The van der Waals surface area contributed by atoms with Crippen molar-refractivity contribution in [2.45, 2.75) is 45.1 Å². The molecule has 1 unspecified atom stereocenters. The summed E-state index contributed by atoms with van der Waals surface area (Å²) in [5, 5.41) is 10.7. The van der Waals surface area contributed by atoms with Crippen molar-refractivity contribution in [3.8, 4) is 22.6 Å². The molecule has 1 aliphatic carbocycles. The second-order valence-corrected chi connectivity index (χ2v) is 12.2. The number of nitrogens with zero attached hydrogens (tertiary/aromatic N) is 4. The Morgan fingerprint density at radius 3 is 2.69 bits per heavy atom. The number of hydrogen-bond donors (Lipinski definition) is 3. The predicted molar refractivity (Wildman–Crippen MR) is 159 cm³/mol. The molecule has 1 saturated heterocycles. The minimum atomic E-state index is 0.0815. The Morgan fingerprint density at radius 2 is 1.87 bits per heavy atom. The monoisotopic (exact) mass is 557 g/mol. The highest BCUT2D eigenvalue weighted by molar-refractivity contribution is 6.35. The molecule has 2 fully saturated rings. The number of fused-ring (bicyclic) bond motifs is 2. The van der Waals surface area contributed by atoms with Gasteiger partial charge in [0.25, 0.3) is 0 Å². The van der Waals surface area contributed by atoms with Crippen LogP contribution in [0.1, 0.15) is 44.6 Å². The van der Waals surface area contributed by atoms with Crippen LogP contribution in [-0.2, 0) is 0 Å². The van der Waals surface area contributed by atoms with Crippen molar-refractivity contribution in [3.63, 3.8) is 0 Å². The number of benzene rings is 1. The first kappa shape index (κ1) is 24.8. The highest BCUT2D eigenvalue weighted by atomic mass is 35.5. The number of pyridine rings is 2. The molecule has 0 amide bonds. The quantitative estimate of drug-likeness (QED) is 0.211. The van der Waals surface area contributed by atoms with E-state index in [1.807, 2.05) is 30.6 Å². The Bertz CT molecular complexity index is 1720. The molecule has 0 spiro atoms. The molecule has 1 aromatic carbocycles. The van der Waals surface area contributed by atoms with E-state index in [0.717, 1.165) is 64.1 Å². The van der Waals surface area contributed by atoms with E-state index in [0.29, 0.717) is 21.8 Å². The van der Waals surface area contributed by atoms with Crippen LogP contribution >= 0.6 is 23.2 Å². The summed E-state index contributed by atoms with van der Waals surface area (Å²) in [4.78, 5) is 22.8. The number of hydrogen-bond acceptors (Lipinski definition) is 6. The maximum Gasteiger partial charge on any atom is 0.163 e. The zero-order chi connectivity index (χ0) is 26.7. The summed E-state index contributed by atoms with van der Waals surface area (Å²) in [6, 6.07) is 9.74. The molecule has 0 bridgehead atoms. The number of aromatic amines is 1. The first-order valence-electron chi connectivity index (χ1n) is 13.4. The summed E-state index contributed by atoms with van der Waals surface area (Å²) >= 11 is 12.8. The lowest BCUT2D eigenvalue weighted by molar-refractivity contribution is 0.236. The van der Waals surface area contributed by atoms with E-state index in [1.54, 1.807) is 18.3 Å². The lowest BCUT2D eigenvalue weighted by Gasteiger charge is -2.40. The molecule has 3 N–H and O–H groups in total. The lowest BCUT2D eigenvalue weighted by atomic mass is 9.80. The zero-order valence-electron chi connectivity index (χ0n) is 21.9. The minimum Gasteiger partial charge on any atom is -0.366 e. The van der Waals surface area contributed by atoms with Crippen LogP contribution in [0.4, 0.5) is 5.82 Å². The highest BCUT2D eigenvalue weighted by Gasteiger charge is 2.34. The maximum absolute atomic E-state index is 6.52. The Labute approximate surface area is 236 Å². The summed E-state index contributed by atoms with van der Waals surface area (Å²) in [6.45, 7) is 6.55. The fourth-order valence-electron chi connectivity index (χ4n) is 5.71. The van der Waals surface area contributed by atoms with Crippen LogP contribution in [0.2, 0.25) is 10.0 Å². The largest absolute Gasteiger partial charge is 0.366 e. The van der Waals surface area contributed by atoms with Crippen molar-refractivity contribution < 1.29 is 0 Å². The maximum atomic E-state index is 6.52. The van der Waals surface area contributed by atoms with Gasteiger partial charge < -0.3 is 15.6 Å². The Hall–Kier alpha value is -3.26. The number of piperidine rings is 1. The van der Waals surface area contributed by atoms with Crippen LogP contribution in [-0.4, -0.2) is 44.1 Å². The number of nitrogens with one attached hydrogen (secondary N) is 3. The van der Waals surface area contributed by atoms with Crippen molar-refractivity contribution >= 4 is 51.0 Å². The fraction of sp³-hybridized carbons (Fsp3) is 0.333. The van der Waals surface area contributed by atoms with Gasteiger partial charge >= 0.3 is 0 Å². The third kappa shape index (κ3) is 4.52. The van der Waals surface area contributed by atoms with Gasteiger partial charge in [-0.3, -0.25) is 4.98 Å². The average Bonchev–Trinajstić information content (AvgIpc) is 3.68. The molecule has 1 atom stereocenters. The molecule has 1 aliphatic heterocycles. The molecule has 1 saturated carbocycles. The molecular formula is C30H29Cl2N7. The summed E-state index contributed by atoms with van der Waals surface area (Å²) in [7, 11) is 0. The van der Waals surface area contributed by atoms with Crippen molar-refractivity contribution in [1.29, 1.82) is 0 Å². The standard InChI is InChI=1S/C30H29Cl2N7/c1-30(2)15-33-9-8-25(30)38-29-26-21(16-3-4-16)13-34-14-24(26)37-28(39-29)18-7-10-35-27-19(18)12-23(36-27)20-11-17(31)5-6-22(20)32/h5-7,10-14,16,25,33H,3-4,8-9,15H2,1-2H3,(H,35,36)(H,37,38,39). The molecule has 39 heavy (non-hydrogen) atoms. The van der Waals surface area contributed by atoms with Gasteiger partial charge in [0.05, 0.1) is 11.7 Å². The Balaban J connectivity index is 1.40. The summed E-state index contributed by atoms with van der Waals surface area (Å²) < 4.78 is 0. The molecular weight excluding hydrogens is 529 g/mol. The van der Waals surface area contributed by atoms with Crippen molar-refractivity contribution in [1.82, 2.24) is 30.2 Å². The summed E-state index contributed by atoms with van der Waals surface area (Å²) in [5.41, 5.74) is 5.48. The second kappa shape index (κ2) is 9.44. The van der Waals surface area contributed by atoms with Gasteiger partial charge in [0, 0.05) is 62.6 Å². The van der Waals surface area contributed by atoms with Gasteiger partial charge in [0.2, 0.25) is 0 Å². The summed E-state index contributed by atoms with van der Waals surface area (Å²) in [6.07, 6.45) is 9.04. The number of anilines is 1. The van der Waals surface area contributed by atoms with E-state index in [4.69, 9.17) is 33.2 Å². The third-order valence-corrected chi connectivity index (χ3v) is 8.65. The van der Waals surface area contributed by atoms with Crippen molar-refractivity contribution in [2.75, 3.05) is 18.4 Å². The number of halogens is 2. The Morgan fingerprint density at radius 1 is 1.00 bits per heavy atom. The second-order valence-electron chi connectivity index (χ2n) is 11.4. The molecule has 5 heterocycles. The van der Waals surface area contributed by atoms with E-state index in [2.05, 4.69) is 39.4 Å². The van der Waals surface area contributed by atoms with E-state index in [1.165, 1.54) is 18.4 Å². The molecule has 4 aromatic heterocycles. The van der Waals surface area contributed by atoms with Gasteiger partial charge in [-0.05, 0) is 73.0 Å². The van der Waals surface area contributed by atoms with Crippen LogP contribution in [0.5, 0.6) is 0 Å². The smallest absolute Gasteiger partial charge is 0.163 e. The first-order valence-corrected chi connectivity index (χ1v) is 14.2. The zero-order valence-corrected chi connectivity index (χ0v) is 23.4. The molecule has 7 nitrogen and oxygen atoms in total. The number of rotatable bonds is 5. The fourth-order valence-corrected chi connectivity index (χ4v) is 6.10. The number of H-pyrrole nitrogens is 1. The highest BCUT2D eigenvalue weighted by Crippen LogP contribution is 2.45. The summed E-state index contributed by atoms with van der Waals surface area (Å²) in [5.74, 6) is 2.05. The predicted octanol–water partition coefficient (Wildman–Crippen LogP) is 7.22. The van der Waals surface area contributed by atoms with Gasteiger partial charge in [-0.15, -0.1) is 0 Å². The van der Waals surface area contributed by atoms with Crippen LogP contribution in [0.25, 0.3) is 44.6 Å². The van der Waals surface area contributed by atoms with E-state index >= 15 is 0 Å². The van der Waals surface area contributed by atoms with Gasteiger partial charge in [0.15, 0.2) is 5.82 Å². The van der Waals surface area contributed by atoms with Crippen molar-refractivity contribution in [3.05, 3.63) is 64.5 Å². The van der Waals surface area contributed by atoms with Crippen LogP contribution in [0.15, 0.2) is 48.9 Å². The van der Waals surface area contributed by atoms with E-state index < -0.39 is 0 Å². The topological polar surface area (TPSA) is 91.4 Å². The van der Waals surface area contributed by atoms with Gasteiger partial charge in [0.1, 0.15) is 11.5 Å². The van der Waals surface area contributed by atoms with Crippen LogP contribution < -0.4 is 10.6 Å². The van der Waals surface area contributed by atoms with Crippen LogP contribution in [0.3, 0.4) is 0 Å². The van der Waals surface area contributed by atoms with Gasteiger partial charge in [-0.1, -0.05) is 37.0 Å². The minimum absolute atomic E-state index is 0.0815. The van der Waals surface area contributed by atoms with Crippen molar-refractivity contribution in [2.24, 2.45) is 5.41 Å². The molecule has 2 aliphatic rings. The molecule has 7 rings (SSSR count). The van der Waals surface area contributed by atoms with Gasteiger partial charge in [-0.2, -0.15) is 0 Å². The molecule has 0 radical (unpaired) electrons. The lowest BCUT2D eigenvalue weighted by Crippen LogP contribution is -2.49. The van der Waals surface area contributed by atoms with E-state index in [9.17, 15) is 0 Å².